The van der Waals surface area contributed by atoms with Gasteiger partial charge in [0.1, 0.15) is 0 Å². The lowest BCUT2D eigenvalue weighted by atomic mass is 9.62. The molecule has 4 heteroatoms. The summed E-state index contributed by atoms with van der Waals surface area (Å²) in [5.41, 5.74) is 0.506. The van der Waals surface area contributed by atoms with Gasteiger partial charge in [-0.2, -0.15) is 0 Å². The van der Waals surface area contributed by atoms with Crippen molar-refractivity contribution >= 4 is 0 Å². The van der Waals surface area contributed by atoms with Gasteiger partial charge in [-0.25, -0.2) is 0 Å². The van der Waals surface area contributed by atoms with Crippen molar-refractivity contribution in [3.63, 3.8) is 0 Å². The van der Waals surface area contributed by atoms with Gasteiger partial charge in [0.2, 0.25) is 6.04 Å². The van der Waals surface area contributed by atoms with Crippen LogP contribution in [0.4, 0.5) is 0 Å². The van der Waals surface area contributed by atoms with Crippen LogP contribution in [-0.2, 0) is 0 Å². The average molecular weight is 238 g/mol. The Morgan fingerprint density at radius 2 is 2.00 bits per heavy atom. The fraction of sp³-hybridized carbons (Fsp3) is 1.00. The first-order valence-electron chi connectivity index (χ1n) is 6.85. The second kappa shape index (κ2) is 3.44. The molecule has 1 aliphatic carbocycles. The van der Waals surface area contributed by atoms with E-state index < -0.39 is 0 Å². The van der Waals surface area contributed by atoms with Crippen LogP contribution in [0, 0.1) is 20.9 Å². The molecule has 0 radical (unpaired) electrons. The second-order valence-corrected chi connectivity index (χ2v) is 6.77. The number of hydrogen-bond donors (Lipinski definition) is 0. The van der Waals surface area contributed by atoms with E-state index >= 15 is 0 Å². The molecule has 1 saturated carbocycles. The van der Waals surface area contributed by atoms with Gasteiger partial charge >= 0.3 is 0 Å². The molecule has 96 valence electrons. The van der Waals surface area contributed by atoms with E-state index in [9.17, 15) is 10.1 Å². The first kappa shape index (κ1) is 11.5. The molecule has 0 aromatic carbocycles. The highest BCUT2D eigenvalue weighted by Gasteiger charge is 2.64. The smallest absolute Gasteiger partial charge is 0.230 e. The van der Waals surface area contributed by atoms with Crippen LogP contribution in [0.5, 0.6) is 0 Å². The molecule has 2 heterocycles. The molecular formula is C13H22N2O2. The zero-order valence-corrected chi connectivity index (χ0v) is 10.8. The molecule has 0 aromatic heterocycles. The molecule has 3 rings (SSSR count). The molecule has 2 saturated heterocycles. The van der Waals surface area contributed by atoms with Crippen LogP contribution < -0.4 is 0 Å². The standard InChI is InChI=1S/C13H22N2O2/c1-12(2)5-3-6-13(12)7-9-14-8-4-10(11(13)14)15(16)17/h10-11H,3-9H2,1-2H3. The van der Waals surface area contributed by atoms with Gasteiger partial charge in [-0.15, -0.1) is 0 Å². The Kier molecular flexibility index (Phi) is 2.31. The summed E-state index contributed by atoms with van der Waals surface area (Å²) < 4.78 is 0. The molecule has 2 aliphatic heterocycles. The first-order chi connectivity index (χ1) is 7.98. The maximum atomic E-state index is 11.3. The van der Waals surface area contributed by atoms with Crippen molar-refractivity contribution < 1.29 is 4.92 Å². The number of fused-ring (bicyclic) bond motifs is 2. The van der Waals surface area contributed by atoms with Crippen molar-refractivity contribution in [1.82, 2.24) is 4.90 Å². The lowest BCUT2D eigenvalue weighted by Gasteiger charge is -2.43. The van der Waals surface area contributed by atoms with Crippen molar-refractivity contribution in [2.45, 2.75) is 58.0 Å². The quantitative estimate of drug-likeness (QED) is 0.520. The predicted octanol–water partition coefficient (Wildman–Crippen LogP) is 2.31. The Hall–Kier alpha value is -0.640. The molecule has 3 unspecified atom stereocenters. The maximum Gasteiger partial charge on any atom is 0.230 e. The number of rotatable bonds is 1. The zero-order valence-electron chi connectivity index (χ0n) is 10.8. The fourth-order valence-electron chi connectivity index (χ4n) is 4.96. The molecule has 1 spiro atoms. The average Bonchev–Trinajstić information content (AvgIpc) is 2.84. The van der Waals surface area contributed by atoms with Crippen LogP contribution in [0.3, 0.4) is 0 Å². The van der Waals surface area contributed by atoms with Crippen molar-refractivity contribution in [2.75, 3.05) is 13.1 Å². The Balaban J connectivity index is 1.99. The highest BCUT2D eigenvalue weighted by molar-refractivity contribution is 5.13. The summed E-state index contributed by atoms with van der Waals surface area (Å²) in [6.07, 6.45) is 5.62. The molecule has 3 atom stereocenters. The topological polar surface area (TPSA) is 46.4 Å². The fourth-order valence-corrected chi connectivity index (χ4v) is 4.96. The summed E-state index contributed by atoms with van der Waals surface area (Å²) in [5.74, 6) is 0. The molecule has 0 aromatic rings. The van der Waals surface area contributed by atoms with Crippen molar-refractivity contribution in [1.29, 1.82) is 0 Å². The first-order valence-corrected chi connectivity index (χ1v) is 6.85. The molecular weight excluding hydrogens is 216 g/mol. The summed E-state index contributed by atoms with van der Waals surface area (Å²) in [4.78, 5) is 13.7. The van der Waals surface area contributed by atoms with E-state index in [1.165, 1.54) is 25.7 Å². The molecule has 0 bridgehead atoms. The van der Waals surface area contributed by atoms with Gasteiger partial charge in [-0.3, -0.25) is 15.0 Å². The molecule has 4 nitrogen and oxygen atoms in total. The minimum Gasteiger partial charge on any atom is -0.293 e. The van der Waals surface area contributed by atoms with Gasteiger partial charge in [0.15, 0.2) is 0 Å². The van der Waals surface area contributed by atoms with E-state index in [-0.39, 0.29) is 27.8 Å². The van der Waals surface area contributed by atoms with E-state index in [4.69, 9.17) is 0 Å². The second-order valence-electron chi connectivity index (χ2n) is 6.77. The lowest BCUT2D eigenvalue weighted by molar-refractivity contribution is -0.528. The maximum absolute atomic E-state index is 11.3. The number of hydrogen-bond acceptors (Lipinski definition) is 3. The number of nitrogens with zero attached hydrogens (tertiary/aromatic N) is 2. The molecule has 17 heavy (non-hydrogen) atoms. The summed E-state index contributed by atoms with van der Waals surface area (Å²) in [5, 5.41) is 11.3. The van der Waals surface area contributed by atoms with Crippen molar-refractivity contribution in [3.05, 3.63) is 10.1 Å². The molecule has 0 amide bonds. The zero-order chi connectivity index (χ0) is 12.3. The Morgan fingerprint density at radius 1 is 1.24 bits per heavy atom. The van der Waals surface area contributed by atoms with Crippen LogP contribution >= 0.6 is 0 Å². The van der Waals surface area contributed by atoms with Crippen LogP contribution in [0.15, 0.2) is 0 Å². The minimum atomic E-state index is -0.310. The van der Waals surface area contributed by atoms with E-state index in [1.54, 1.807) is 0 Å². The highest BCUT2D eigenvalue weighted by atomic mass is 16.6. The largest absolute Gasteiger partial charge is 0.293 e. The molecule has 0 N–H and O–H groups in total. The van der Waals surface area contributed by atoms with Gasteiger partial charge in [-0.1, -0.05) is 20.3 Å². The third kappa shape index (κ3) is 1.33. The Morgan fingerprint density at radius 3 is 2.59 bits per heavy atom. The van der Waals surface area contributed by atoms with E-state index in [2.05, 4.69) is 18.7 Å². The van der Waals surface area contributed by atoms with E-state index in [0.717, 1.165) is 19.5 Å². The predicted molar refractivity (Wildman–Crippen MR) is 65.4 cm³/mol. The van der Waals surface area contributed by atoms with E-state index in [1.807, 2.05) is 0 Å². The Bertz CT molecular complexity index is 355. The van der Waals surface area contributed by atoms with Crippen LogP contribution in [0.25, 0.3) is 0 Å². The van der Waals surface area contributed by atoms with Gasteiger partial charge in [0.05, 0.1) is 6.04 Å². The van der Waals surface area contributed by atoms with Crippen LogP contribution in [0.2, 0.25) is 0 Å². The van der Waals surface area contributed by atoms with Gasteiger partial charge < -0.3 is 0 Å². The summed E-state index contributed by atoms with van der Waals surface area (Å²) >= 11 is 0. The van der Waals surface area contributed by atoms with Crippen molar-refractivity contribution in [2.24, 2.45) is 10.8 Å². The van der Waals surface area contributed by atoms with Gasteiger partial charge in [0, 0.05) is 17.9 Å². The number of nitro groups is 1. The van der Waals surface area contributed by atoms with Gasteiger partial charge in [0.25, 0.3) is 0 Å². The summed E-state index contributed by atoms with van der Waals surface area (Å²) in [6, 6.07) is -0.0927. The van der Waals surface area contributed by atoms with Gasteiger partial charge in [-0.05, 0) is 36.6 Å². The van der Waals surface area contributed by atoms with Crippen LogP contribution in [-0.4, -0.2) is 35.0 Å². The minimum absolute atomic E-state index is 0.00780. The highest BCUT2D eigenvalue weighted by Crippen LogP contribution is 2.62. The van der Waals surface area contributed by atoms with Crippen LogP contribution in [0.1, 0.15) is 46.0 Å². The SMILES string of the molecule is CC1(C)CCCC12CCN1CCC([N+](=O)[O-])C12. The molecule has 3 fully saturated rings. The Labute approximate surface area is 103 Å². The summed E-state index contributed by atoms with van der Waals surface area (Å²) in [6.45, 7) is 6.68. The normalized spacial score (nSPS) is 44.4. The van der Waals surface area contributed by atoms with Crippen molar-refractivity contribution in [3.8, 4) is 0 Å². The van der Waals surface area contributed by atoms with E-state index in [0.29, 0.717) is 0 Å². The molecule has 3 aliphatic rings. The monoisotopic (exact) mass is 238 g/mol. The lowest BCUT2D eigenvalue weighted by Crippen LogP contribution is -2.49. The third-order valence-corrected chi connectivity index (χ3v) is 5.92. The summed E-state index contributed by atoms with van der Waals surface area (Å²) in [7, 11) is 0. The third-order valence-electron chi connectivity index (χ3n) is 5.92.